The fourth-order valence-electron chi connectivity index (χ4n) is 8.46. The van der Waals surface area contributed by atoms with Gasteiger partial charge in [0.2, 0.25) is 0 Å². The molecule has 0 radical (unpaired) electrons. The topological polar surface area (TPSA) is 9.86 Å². The molecule has 11 aromatic rings. The van der Waals surface area contributed by atoms with E-state index in [1.807, 2.05) is 0 Å². The van der Waals surface area contributed by atoms with E-state index in [4.69, 9.17) is 0 Å². The van der Waals surface area contributed by atoms with Gasteiger partial charge in [-0.2, -0.15) is 0 Å². The lowest BCUT2D eigenvalue weighted by atomic mass is 10.0. The van der Waals surface area contributed by atoms with Crippen molar-refractivity contribution in [1.29, 1.82) is 0 Å². The first-order valence-electron chi connectivity index (χ1n) is 19.4. The molecule has 0 aliphatic carbocycles. The number of aromatic nitrogens is 2. The monoisotopic (exact) mass is 744 g/mol. The number of rotatable bonds is 7. The highest BCUT2D eigenvalue weighted by Gasteiger charge is 2.16. The van der Waals surface area contributed by atoms with Crippen LogP contribution in [0.2, 0.25) is 0 Å². The first kappa shape index (κ1) is 33.3. The molecule has 0 fully saturated rings. The van der Waals surface area contributed by atoms with E-state index in [1.54, 1.807) is 11.8 Å². The summed E-state index contributed by atoms with van der Waals surface area (Å²) in [7, 11) is 0. The Labute approximate surface area is 335 Å². The van der Waals surface area contributed by atoms with Gasteiger partial charge in [0.15, 0.2) is 0 Å². The molecule has 268 valence electrons. The van der Waals surface area contributed by atoms with Crippen LogP contribution < -0.4 is 0 Å². The molecule has 0 amide bonds. The first-order chi connectivity index (χ1) is 28.2. The molecule has 0 saturated carbocycles. The third kappa shape index (κ3) is 5.92. The van der Waals surface area contributed by atoms with Gasteiger partial charge in [0.25, 0.3) is 0 Å². The van der Waals surface area contributed by atoms with Gasteiger partial charge in [-0.15, -0.1) is 0 Å². The summed E-state index contributed by atoms with van der Waals surface area (Å²) >= 11 is 1.79. The zero-order valence-corrected chi connectivity index (χ0v) is 31.9. The molecule has 0 saturated heterocycles. The van der Waals surface area contributed by atoms with E-state index >= 15 is 0 Å². The summed E-state index contributed by atoms with van der Waals surface area (Å²) < 4.78 is 4.81. The van der Waals surface area contributed by atoms with Gasteiger partial charge in [0.1, 0.15) is 0 Å². The molecule has 0 aliphatic rings. The van der Waals surface area contributed by atoms with Crippen LogP contribution in [0.4, 0.5) is 0 Å². The van der Waals surface area contributed by atoms with Crippen molar-refractivity contribution < 1.29 is 0 Å². The Kier molecular flexibility index (Phi) is 8.12. The van der Waals surface area contributed by atoms with E-state index in [0.29, 0.717) is 0 Å². The Balaban J connectivity index is 0.959. The van der Waals surface area contributed by atoms with Crippen LogP contribution in [0.5, 0.6) is 0 Å². The highest BCUT2D eigenvalue weighted by atomic mass is 32.2. The molecule has 2 heterocycles. The van der Waals surface area contributed by atoms with E-state index in [9.17, 15) is 0 Å². The van der Waals surface area contributed by atoms with E-state index in [0.717, 1.165) is 11.4 Å². The maximum atomic E-state index is 2.41. The van der Waals surface area contributed by atoms with Crippen LogP contribution in [0, 0.1) is 0 Å². The summed E-state index contributed by atoms with van der Waals surface area (Å²) in [6.45, 7) is 0. The lowest BCUT2D eigenvalue weighted by Gasteiger charge is -2.11. The van der Waals surface area contributed by atoms with Crippen molar-refractivity contribution in [2.24, 2.45) is 0 Å². The number of nitrogens with zero attached hydrogens (tertiary/aromatic N) is 2. The Morgan fingerprint density at radius 3 is 1.28 bits per heavy atom. The number of hydrogen-bond donors (Lipinski definition) is 0. The van der Waals surface area contributed by atoms with E-state index in [2.05, 4.69) is 228 Å². The number of fused-ring (bicyclic) bond motifs is 6. The third-order valence-electron chi connectivity index (χ3n) is 11.2. The molecule has 2 aromatic heterocycles. The van der Waals surface area contributed by atoms with Crippen molar-refractivity contribution in [2.75, 3.05) is 0 Å². The second-order valence-corrected chi connectivity index (χ2v) is 15.7. The van der Waals surface area contributed by atoms with Gasteiger partial charge in [-0.05, 0) is 118 Å². The Hall–Kier alpha value is -7.07. The molecule has 0 N–H and O–H groups in total. The molecule has 0 bridgehead atoms. The largest absolute Gasteiger partial charge is 0.309 e. The minimum atomic E-state index is 1.15. The fourth-order valence-corrected chi connectivity index (χ4v) is 9.30. The minimum Gasteiger partial charge on any atom is -0.309 e. The van der Waals surface area contributed by atoms with E-state index in [1.165, 1.54) is 86.8 Å². The molecule has 0 aliphatic heterocycles. The Morgan fingerprint density at radius 1 is 0.246 bits per heavy atom. The standard InChI is InChI=1S/C54H36N2S/c1-3-12-37(13-4-1)40-14-11-15-44(34-40)56-52-21-10-8-19-48(52)50-36-42(27-33-54(50)56)41-26-32-53-49(35-41)47-18-7-9-20-51(47)55(53)43-28-22-38(23-29-43)39-24-30-46(31-25-39)57-45-16-5-2-6-17-45/h1-36H. The molecule has 11 rings (SSSR count). The van der Waals surface area contributed by atoms with Crippen molar-refractivity contribution in [3.63, 3.8) is 0 Å². The summed E-state index contributed by atoms with van der Waals surface area (Å²) in [6, 6.07) is 79.4. The quantitative estimate of drug-likeness (QED) is 0.158. The summed E-state index contributed by atoms with van der Waals surface area (Å²) in [4.78, 5) is 2.49. The maximum Gasteiger partial charge on any atom is 0.0541 e. The molecule has 0 atom stereocenters. The second kappa shape index (κ2) is 13.9. The van der Waals surface area contributed by atoms with Gasteiger partial charge in [-0.1, -0.05) is 145 Å². The molecule has 2 nitrogen and oxygen atoms in total. The number of para-hydroxylation sites is 2. The zero-order chi connectivity index (χ0) is 37.7. The summed E-state index contributed by atoms with van der Waals surface area (Å²) in [5.41, 5.74) is 14.4. The van der Waals surface area contributed by atoms with Crippen LogP contribution in [0.3, 0.4) is 0 Å². The molecule has 9 aromatic carbocycles. The van der Waals surface area contributed by atoms with Gasteiger partial charge in [-0.3, -0.25) is 0 Å². The SMILES string of the molecule is c1ccc(Sc2ccc(-c3ccc(-n4c5ccccc5c5cc(-c6ccc7c(c6)c6ccccc6n7-c6cccc(-c7ccccc7)c6)ccc54)cc3)cc2)cc1. The molecule has 0 unspecified atom stereocenters. The summed E-state index contributed by atoms with van der Waals surface area (Å²) in [5, 5.41) is 5.00. The fraction of sp³-hybridized carbons (Fsp3) is 0. The number of benzene rings is 9. The van der Waals surface area contributed by atoms with Crippen LogP contribution in [-0.2, 0) is 0 Å². The molecular formula is C54H36N2S. The van der Waals surface area contributed by atoms with E-state index < -0.39 is 0 Å². The Bertz CT molecular complexity index is 3230. The predicted octanol–water partition coefficient (Wildman–Crippen LogP) is 15.0. The van der Waals surface area contributed by atoms with Crippen molar-refractivity contribution in [2.45, 2.75) is 9.79 Å². The molecule has 0 spiro atoms. The average molecular weight is 745 g/mol. The third-order valence-corrected chi connectivity index (χ3v) is 12.2. The van der Waals surface area contributed by atoms with Gasteiger partial charge < -0.3 is 9.13 Å². The van der Waals surface area contributed by atoms with Crippen molar-refractivity contribution in [1.82, 2.24) is 9.13 Å². The average Bonchev–Trinajstić information content (AvgIpc) is 3.80. The normalized spacial score (nSPS) is 11.6. The second-order valence-electron chi connectivity index (χ2n) is 14.6. The minimum absolute atomic E-state index is 1.15. The van der Waals surface area contributed by atoms with Crippen molar-refractivity contribution in [3.8, 4) is 44.8 Å². The van der Waals surface area contributed by atoms with Crippen molar-refractivity contribution in [3.05, 3.63) is 218 Å². The highest BCUT2D eigenvalue weighted by molar-refractivity contribution is 7.99. The van der Waals surface area contributed by atoms with Crippen LogP contribution >= 0.6 is 11.8 Å². The maximum absolute atomic E-state index is 2.41. The van der Waals surface area contributed by atoms with Crippen LogP contribution in [0.15, 0.2) is 228 Å². The van der Waals surface area contributed by atoms with Crippen LogP contribution in [0.1, 0.15) is 0 Å². The number of hydrogen-bond acceptors (Lipinski definition) is 1. The van der Waals surface area contributed by atoms with Crippen LogP contribution in [-0.4, -0.2) is 9.13 Å². The first-order valence-corrected chi connectivity index (χ1v) is 20.2. The van der Waals surface area contributed by atoms with Gasteiger partial charge >= 0.3 is 0 Å². The Morgan fingerprint density at radius 2 is 0.667 bits per heavy atom. The predicted molar refractivity (Wildman–Crippen MR) is 242 cm³/mol. The van der Waals surface area contributed by atoms with Crippen molar-refractivity contribution >= 4 is 55.4 Å². The summed E-state index contributed by atoms with van der Waals surface area (Å²) in [5.74, 6) is 0. The lowest BCUT2D eigenvalue weighted by Crippen LogP contribution is -1.94. The van der Waals surface area contributed by atoms with Crippen LogP contribution in [0.25, 0.3) is 88.4 Å². The smallest absolute Gasteiger partial charge is 0.0541 e. The lowest BCUT2D eigenvalue weighted by molar-refractivity contribution is 1.18. The zero-order valence-electron chi connectivity index (χ0n) is 31.1. The molecular weight excluding hydrogens is 709 g/mol. The van der Waals surface area contributed by atoms with Gasteiger partial charge in [0, 0.05) is 42.7 Å². The van der Waals surface area contributed by atoms with Gasteiger partial charge in [0.05, 0.1) is 22.1 Å². The highest BCUT2D eigenvalue weighted by Crippen LogP contribution is 2.39. The van der Waals surface area contributed by atoms with E-state index in [-0.39, 0.29) is 0 Å². The van der Waals surface area contributed by atoms with Gasteiger partial charge in [-0.25, -0.2) is 0 Å². The summed E-state index contributed by atoms with van der Waals surface area (Å²) in [6.07, 6.45) is 0. The molecule has 3 heteroatoms. The molecule has 57 heavy (non-hydrogen) atoms.